The Hall–Kier alpha value is -2.95. The summed E-state index contributed by atoms with van der Waals surface area (Å²) < 4.78 is 5.08. The number of amides is 1. The average Bonchev–Trinajstić information content (AvgIpc) is 2.62. The quantitative estimate of drug-likeness (QED) is 0.694. The lowest BCUT2D eigenvalue weighted by Gasteiger charge is -2.28. The van der Waals surface area contributed by atoms with Crippen LogP contribution >= 0.6 is 0 Å². The van der Waals surface area contributed by atoms with Crippen LogP contribution < -0.4 is 5.32 Å². The van der Waals surface area contributed by atoms with Crippen molar-refractivity contribution in [1.29, 1.82) is 0 Å². The molecule has 0 unspecified atom stereocenters. The van der Waals surface area contributed by atoms with Gasteiger partial charge in [0.05, 0.1) is 12.6 Å². The van der Waals surface area contributed by atoms with Crippen molar-refractivity contribution >= 4 is 17.7 Å². The van der Waals surface area contributed by atoms with E-state index in [0.29, 0.717) is 5.84 Å². The smallest absolute Gasteiger partial charge is 0.321 e. The van der Waals surface area contributed by atoms with Gasteiger partial charge in [-0.1, -0.05) is 60.7 Å². The second kappa shape index (κ2) is 7.08. The maximum Gasteiger partial charge on any atom is 0.321 e. The molecule has 0 fully saturated rings. The number of aliphatic imine (C=N–C) groups is 1. The number of nitrogens with zero attached hydrogens (tertiary/aromatic N) is 1. The van der Waals surface area contributed by atoms with Gasteiger partial charge >= 0.3 is 5.97 Å². The van der Waals surface area contributed by atoms with Gasteiger partial charge in [0.2, 0.25) is 5.91 Å². The molecular formula is C19H18N2O3. The second-order valence-corrected chi connectivity index (χ2v) is 5.42. The zero-order valence-corrected chi connectivity index (χ0v) is 13.3. The van der Waals surface area contributed by atoms with Gasteiger partial charge in [0, 0.05) is 5.56 Å². The zero-order valence-electron chi connectivity index (χ0n) is 13.3. The van der Waals surface area contributed by atoms with Crippen LogP contribution in [0.5, 0.6) is 0 Å². The first-order valence-electron chi connectivity index (χ1n) is 7.86. The van der Waals surface area contributed by atoms with Gasteiger partial charge in [-0.15, -0.1) is 0 Å². The predicted octanol–water partition coefficient (Wildman–Crippen LogP) is 2.48. The molecule has 1 heterocycles. The fourth-order valence-corrected chi connectivity index (χ4v) is 2.71. The molecule has 3 rings (SSSR count). The summed E-state index contributed by atoms with van der Waals surface area (Å²) in [4.78, 5) is 29.5. The maximum atomic E-state index is 12.6. The van der Waals surface area contributed by atoms with Gasteiger partial charge < -0.3 is 10.1 Å². The highest BCUT2D eigenvalue weighted by Crippen LogP contribution is 2.31. The number of amidine groups is 1. The number of benzene rings is 2. The molecule has 0 radical (unpaired) electrons. The van der Waals surface area contributed by atoms with Gasteiger partial charge in [-0.2, -0.15) is 0 Å². The number of hydrogen-bond acceptors (Lipinski definition) is 4. The lowest BCUT2D eigenvalue weighted by molar-refractivity contribution is -0.153. The topological polar surface area (TPSA) is 67.8 Å². The van der Waals surface area contributed by atoms with E-state index in [4.69, 9.17) is 4.74 Å². The van der Waals surface area contributed by atoms with E-state index in [1.165, 1.54) is 0 Å². The third kappa shape index (κ3) is 3.20. The Balaban J connectivity index is 2.04. The fraction of sp³-hybridized carbons (Fsp3) is 0.211. The predicted molar refractivity (Wildman–Crippen MR) is 90.4 cm³/mol. The highest BCUT2D eigenvalue weighted by Gasteiger charge is 2.41. The third-order valence-corrected chi connectivity index (χ3v) is 3.84. The van der Waals surface area contributed by atoms with E-state index in [-0.39, 0.29) is 6.61 Å². The third-order valence-electron chi connectivity index (χ3n) is 3.84. The van der Waals surface area contributed by atoms with Crippen molar-refractivity contribution < 1.29 is 14.3 Å². The molecule has 1 aliphatic heterocycles. The molecule has 2 aromatic carbocycles. The van der Waals surface area contributed by atoms with Crippen LogP contribution in [0.3, 0.4) is 0 Å². The molecule has 1 N–H and O–H groups in total. The Bertz CT molecular complexity index is 757. The van der Waals surface area contributed by atoms with E-state index in [1.54, 1.807) is 6.92 Å². The van der Waals surface area contributed by atoms with Crippen LogP contribution in [0, 0.1) is 5.92 Å². The number of ether oxygens (including phenoxy) is 1. The number of esters is 1. The summed E-state index contributed by atoms with van der Waals surface area (Å²) >= 11 is 0. The standard InChI is InChI=1S/C19H18N2O3/c1-2-24-19(23)15-16(13-9-5-3-6-10-13)20-17(21-18(15)22)14-11-7-4-8-12-14/h3-12,15-16H,2H2,1H3,(H,20,21,22)/t15-,16+/m0/s1. The average molecular weight is 322 g/mol. The van der Waals surface area contributed by atoms with E-state index in [0.717, 1.165) is 11.1 Å². The molecule has 0 aliphatic carbocycles. The summed E-state index contributed by atoms with van der Waals surface area (Å²) in [6.45, 7) is 1.94. The van der Waals surface area contributed by atoms with Crippen molar-refractivity contribution in [2.75, 3.05) is 6.61 Å². The molecule has 1 aliphatic rings. The van der Waals surface area contributed by atoms with Gasteiger partial charge in [-0.3, -0.25) is 14.6 Å². The minimum Gasteiger partial charge on any atom is -0.465 e. The van der Waals surface area contributed by atoms with Crippen LogP contribution in [0.25, 0.3) is 0 Å². The first kappa shape index (κ1) is 15.9. The van der Waals surface area contributed by atoms with Gasteiger partial charge in [-0.05, 0) is 12.5 Å². The van der Waals surface area contributed by atoms with E-state index in [1.807, 2.05) is 60.7 Å². The molecule has 0 saturated carbocycles. The normalized spacial score (nSPS) is 20.0. The molecule has 5 heteroatoms. The Morgan fingerprint density at radius 1 is 1.08 bits per heavy atom. The maximum absolute atomic E-state index is 12.6. The lowest BCUT2D eigenvalue weighted by Crippen LogP contribution is -2.47. The van der Waals surface area contributed by atoms with E-state index in [2.05, 4.69) is 10.3 Å². The Morgan fingerprint density at radius 3 is 2.33 bits per heavy atom. The Morgan fingerprint density at radius 2 is 1.71 bits per heavy atom. The van der Waals surface area contributed by atoms with Gasteiger partial charge in [0.15, 0.2) is 5.92 Å². The van der Waals surface area contributed by atoms with Gasteiger partial charge in [0.25, 0.3) is 0 Å². The van der Waals surface area contributed by atoms with Crippen LogP contribution in [0.4, 0.5) is 0 Å². The molecule has 0 aromatic heterocycles. The van der Waals surface area contributed by atoms with E-state index in [9.17, 15) is 9.59 Å². The van der Waals surface area contributed by atoms with Crippen molar-refractivity contribution in [1.82, 2.24) is 5.32 Å². The SMILES string of the molecule is CCOC(=O)[C@@H]1C(=O)NC(c2ccccc2)=N[C@@H]1c1ccccc1. The fourth-order valence-electron chi connectivity index (χ4n) is 2.71. The van der Waals surface area contributed by atoms with E-state index >= 15 is 0 Å². The minimum absolute atomic E-state index is 0.222. The largest absolute Gasteiger partial charge is 0.465 e. The highest BCUT2D eigenvalue weighted by molar-refractivity contribution is 6.14. The van der Waals surface area contributed by atoms with Crippen LogP contribution in [0.1, 0.15) is 24.1 Å². The highest BCUT2D eigenvalue weighted by atomic mass is 16.5. The number of hydrogen-bond donors (Lipinski definition) is 1. The Kier molecular flexibility index (Phi) is 4.70. The summed E-state index contributed by atoms with van der Waals surface area (Å²) in [5.41, 5.74) is 1.60. The first-order valence-corrected chi connectivity index (χ1v) is 7.86. The Labute approximate surface area is 140 Å². The minimum atomic E-state index is -0.986. The monoisotopic (exact) mass is 322 g/mol. The zero-order chi connectivity index (χ0) is 16.9. The molecule has 2 atom stereocenters. The van der Waals surface area contributed by atoms with Crippen LogP contribution in [-0.4, -0.2) is 24.3 Å². The van der Waals surface area contributed by atoms with Crippen molar-refractivity contribution in [2.24, 2.45) is 10.9 Å². The van der Waals surface area contributed by atoms with Crippen molar-refractivity contribution in [3.63, 3.8) is 0 Å². The molecule has 0 spiro atoms. The molecular weight excluding hydrogens is 304 g/mol. The van der Waals surface area contributed by atoms with E-state index < -0.39 is 23.8 Å². The molecule has 0 bridgehead atoms. The number of carbonyl (C=O) groups is 2. The van der Waals surface area contributed by atoms with Gasteiger partial charge in [0.1, 0.15) is 5.84 Å². The van der Waals surface area contributed by atoms with Crippen LogP contribution in [0.2, 0.25) is 0 Å². The van der Waals surface area contributed by atoms with Crippen LogP contribution in [0.15, 0.2) is 65.7 Å². The number of nitrogens with one attached hydrogen (secondary N) is 1. The van der Waals surface area contributed by atoms with Crippen molar-refractivity contribution in [2.45, 2.75) is 13.0 Å². The summed E-state index contributed by atoms with van der Waals surface area (Å²) in [5, 5.41) is 2.73. The molecule has 2 aromatic rings. The summed E-state index contributed by atoms with van der Waals surface area (Å²) in [6, 6.07) is 18.1. The van der Waals surface area contributed by atoms with Crippen molar-refractivity contribution in [3.05, 3.63) is 71.8 Å². The summed E-state index contributed by atoms with van der Waals surface area (Å²) in [5.74, 6) is -1.47. The summed E-state index contributed by atoms with van der Waals surface area (Å²) in [6.07, 6.45) is 0. The first-order chi connectivity index (χ1) is 11.7. The van der Waals surface area contributed by atoms with Crippen LogP contribution in [-0.2, 0) is 14.3 Å². The molecule has 1 amide bonds. The molecule has 0 saturated heterocycles. The molecule has 24 heavy (non-hydrogen) atoms. The number of carbonyl (C=O) groups excluding carboxylic acids is 2. The number of rotatable bonds is 4. The summed E-state index contributed by atoms with van der Waals surface area (Å²) in [7, 11) is 0. The molecule has 5 nitrogen and oxygen atoms in total. The van der Waals surface area contributed by atoms with Gasteiger partial charge in [-0.25, -0.2) is 0 Å². The lowest BCUT2D eigenvalue weighted by atomic mass is 9.90. The molecule has 122 valence electrons. The second-order valence-electron chi connectivity index (χ2n) is 5.42. The van der Waals surface area contributed by atoms with Crippen molar-refractivity contribution in [3.8, 4) is 0 Å².